The molecular weight excluding hydrogens is 230 g/mol. The van der Waals surface area contributed by atoms with Crippen LogP contribution in [0.15, 0.2) is 24.3 Å². The van der Waals surface area contributed by atoms with Gasteiger partial charge in [0.1, 0.15) is 5.75 Å². The Balaban J connectivity index is 1.73. The molecule has 16 heavy (non-hydrogen) atoms. The Morgan fingerprint density at radius 3 is 2.69 bits per heavy atom. The molecule has 0 aliphatic carbocycles. The second-order valence-corrected chi connectivity index (χ2v) is 3.98. The van der Waals surface area contributed by atoms with Crippen LogP contribution in [0.2, 0.25) is 5.02 Å². The summed E-state index contributed by atoms with van der Waals surface area (Å²) < 4.78 is 10.2. The van der Waals surface area contributed by atoms with Crippen LogP contribution in [0.5, 0.6) is 5.75 Å². The van der Waals surface area contributed by atoms with Crippen LogP contribution in [0.25, 0.3) is 0 Å². The molecule has 5 heteroatoms. The highest BCUT2D eigenvalue weighted by atomic mass is 35.5. The number of nitrogens with one attached hydrogen (secondary N) is 1. The van der Waals surface area contributed by atoms with Crippen molar-refractivity contribution >= 4 is 17.5 Å². The van der Waals surface area contributed by atoms with Crippen molar-refractivity contribution in [2.45, 2.75) is 6.04 Å². The van der Waals surface area contributed by atoms with Gasteiger partial charge < -0.3 is 14.8 Å². The first-order chi connectivity index (χ1) is 7.74. The van der Waals surface area contributed by atoms with E-state index in [1.807, 2.05) is 0 Å². The van der Waals surface area contributed by atoms with Gasteiger partial charge in [-0.25, -0.2) is 0 Å². The van der Waals surface area contributed by atoms with Gasteiger partial charge in [-0.2, -0.15) is 0 Å². The zero-order valence-corrected chi connectivity index (χ0v) is 9.37. The molecule has 86 valence electrons. The van der Waals surface area contributed by atoms with E-state index in [-0.39, 0.29) is 18.6 Å². The summed E-state index contributed by atoms with van der Waals surface area (Å²) >= 11 is 5.72. The summed E-state index contributed by atoms with van der Waals surface area (Å²) in [6, 6.07) is 7.02. The number of amides is 1. The molecule has 0 unspecified atom stereocenters. The first kappa shape index (κ1) is 11.2. The van der Waals surface area contributed by atoms with Crippen LogP contribution in [0, 0.1) is 0 Å². The zero-order valence-electron chi connectivity index (χ0n) is 8.61. The molecule has 0 radical (unpaired) electrons. The molecule has 2 rings (SSSR count). The largest absolute Gasteiger partial charge is 0.484 e. The molecular formula is C11H12ClNO3. The van der Waals surface area contributed by atoms with E-state index in [0.717, 1.165) is 0 Å². The van der Waals surface area contributed by atoms with Crippen LogP contribution in [0.4, 0.5) is 0 Å². The van der Waals surface area contributed by atoms with E-state index in [0.29, 0.717) is 24.0 Å². The normalized spacial score (nSPS) is 15.3. The van der Waals surface area contributed by atoms with Gasteiger partial charge in [0.2, 0.25) is 0 Å². The lowest BCUT2D eigenvalue weighted by molar-refractivity contribution is -0.127. The van der Waals surface area contributed by atoms with Gasteiger partial charge in [0.05, 0.1) is 19.3 Å². The lowest BCUT2D eigenvalue weighted by Gasteiger charge is -2.26. The van der Waals surface area contributed by atoms with Crippen LogP contribution < -0.4 is 10.1 Å². The molecule has 0 spiro atoms. The SMILES string of the molecule is O=C(COc1ccc(Cl)cc1)NC1COC1. The molecule has 1 heterocycles. The number of hydrogen-bond acceptors (Lipinski definition) is 3. The van der Waals surface area contributed by atoms with Gasteiger partial charge in [-0.1, -0.05) is 11.6 Å². The Bertz CT molecular complexity index is 362. The van der Waals surface area contributed by atoms with Gasteiger partial charge in [-0.05, 0) is 24.3 Å². The maximum atomic E-state index is 11.4. The zero-order chi connectivity index (χ0) is 11.4. The lowest BCUT2D eigenvalue weighted by Crippen LogP contribution is -2.49. The average molecular weight is 242 g/mol. The van der Waals surface area contributed by atoms with Crippen LogP contribution in [0.1, 0.15) is 0 Å². The average Bonchev–Trinajstić information content (AvgIpc) is 2.23. The fourth-order valence-corrected chi connectivity index (χ4v) is 1.39. The van der Waals surface area contributed by atoms with Gasteiger partial charge in [0.25, 0.3) is 5.91 Å². The summed E-state index contributed by atoms with van der Waals surface area (Å²) in [6.07, 6.45) is 0. The highest BCUT2D eigenvalue weighted by Crippen LogP contribution is 2.15. The topological polar surface area (TPSA) is 47.6 Å². The van der Waals surface area contributed by atoms with E-state index in [4.69, 9.17) is 21.1 Å². The van der Waals surface area contributed by atoms with E-state index in [9.17, 15) is 4.79 Å². The minimum absolute atomic E-state index is 0.0120. The van der Waals surface area contributed by atoms with Crippen molar-refractivity contribution in [3.63, 3.8) is 0 Å². The third-order valence-electron chi connectivity index (χ3n) is 2.19. The van der Waals surface area contributed by atoms with Gasteiger partial charge in [0, 0.05) is 5.02 Å². The quantitative estimate of drug-likeness (QED) is 0.863. The van der Waals surface area contributed by atoms with Gasteiger partial charge in [-0.15, -0.1) is 0 Å². The summed E-state index contributed by atoms with van der Waals surface area (Å²) in [5, 5.41) is 3.43. The summed E-state index contributed by atoms with van der Waals surface area (Å²) in [5.41, 5.74) is 0. The van der Waals surface area contributed by atoms with Crippen LogP contribution >= 0.6 is 11.6 Å². The molecule has 1 saturated heterocycles. The van der Waals surface area contributed by atoms with Crippen molar-refractivity contribution in [1.82, 2.24) is 5.32 Å². The standard InChI is InChI=1S/C11H12ClNO3/c12-8-1-3-10(4-2-8)16-7-11(14)13-9-5-15-6-9/h1-4,9H,5-7H2,(H,13,14). The smallest absolute Gasteiger partial charge is 0.258 e. The predicted molar refractivity (Wildman–Crippen MR) is 59.7 cm³/mol. The Morgan fingerprint density at radius 2 is 2.12 bits per heavy atom. The van der Waals surface area contributed by atoms with Crippen molar-refractivity contribution in [2.75, 3.05) is 19.8 Å². The van der Waals surface area contributed by atoms with E-state index in [1.54, 1.807) is 24.3 Å². The Labute approximate surface area is 98.5 Å². The lowest BCUT2D eigenvalue weighted by atomic mass is 10.2. The Hall–Kier alpha value is -1.26. The molecule has 0 saturated carbocycles. The van der Waals surface area contributed by atoms with E-state index in [2.05, 4.69) is 5.32 Å². The number of rotatable bonds is 4. The molecule has 1 aliphatic rings. The van der Waals surface area contributed by atoms with Crippen molar-refractivity contribution in [1.29, 1.82) is 0 Å². The summed E-state index contributed by atoms with van der Waals surface area (Å²) in [4.78, 5) is 11.4. The summed E-state index contributed by atoms with van der Waals surface area (Å²) in [7, 11) is 0. The molecule has 1 amide bonds. The van der Waals surface area contributed by atoms with Crippen molar-refractivity contribution in [3.8, 4) is 5.75 Å². The Kier molecular flexibility index (Phi) is 3.64. The minimum Gasteiger partial charge on any atom is -0.484 e. The van der Waals surface area contributed by atoms with Crippen LogP contribution in [-0.4, -0.2) is 31.8 Å². The number of benzene rings is 1. The summed E-state index contributed by atoms with van der Waals surface area (Å²) in [6.45, 7) is 1.19. The number of halogens is 1. The van der Waals surface area contributed by atoms with Gasteiger partial charge >= 0.3 is 0 Å². The molecule has 0 bridgehead atoms. The third-order valence-corrected chi connectivity index (χ3v) is 2.44. The van der Waals surface area contributed by atoms with Crippen molar-refractivity contribution in [2.24, 2.45) is 0 Å². The Morgan fingerprint density at radius 1 is 1.44 bits per heavy atom. The second kappa shape index (κ2) is 5.18. The molecule has 1 aromatic rings. The summed E-state index contributed by atoms with van der Waals surface area (Å²) in [5.74, 6) is 0.493. The second-order valence-electron chi connectivity index (χ2n) is 3.54. The first-order valence-corrected chi connectivity index (χ1v) is 5.37. The third kappa shape index (κ3) is 3.12. The molecule has 1 aliphatic heterocycles. The molecule has 0 atom stereocenters. The monoisotopic (exact) mass is 241 g/mol. The van der Waals surface area contributed by atoms with E-state index < -0.39 is 0 Å². The van der Waals surface area contributed by atoms with Gasteiger partial charge in [-0.3, -0.25) is 4.79 Å². The van der Waals surface area contributed by atoms with E-state index >= 15 is 0 Å². The highest BCUT2D eigenvalue weighted by Gasteiger charge is 2.20. The van der Waals surface area contributed by atoms with Crippen LogP contribution in [0.3, 0.4) is 0 Å². The molecule has 1 aromatic carbocycles. The molecule has 1 N–H and O–H groups in total. The van der Waals surface area contributed by atoms with Crippen molar-refractivity contribution in [3.05, 3.63) is 29.3 Å². The maximum Gasteiger partial charge on any atom is 0.258 e. The minimum atomic E-state index is -0.136. The molecule has 4 nitrogen and oxygen atoms in total. The number of carbonyl (C=O) groups excluding carboxylic acids is 1. The number of hydrogen-bond donors (Lipinski definition) is 1. The fourth-order valence-electron chi connectivity index (χ4n) is 1.27. The van der Waals surface area contributed by atoms with E-state index in [1.165, 1.54) is 0 Å². The number of ether oxygens (including phenoxy) is 2. The highest BCUT2D eigenvalue weighted by molar-refractivity contribution is 6.30. The maximum absolute atomic E-state index is 11.4. The predicted octanol–water partition coefficient (Wildman–Crippen LogP) is 1.23. The van der Waals surface area contributed by atoms with Crippen LogP contribution in [-0.2, 0) is 9.53 Å². The molecule has 1 fully saturated rings. The fraction of sp³-hybridized carbons (Fsp3) is 0.364. The molecule has 0 aromatic heterocycles. The van der Waals surface area contributed by atoms with Gasteiger partial charge in [0.15, 0.2) is 6.61 Å². The number of carbonyl (C=O) groups is 1. The first-order valence-electron chi connectivity index (χ1n) is 4.99. The van der Waals surface area contributed by atoms with Crippen molar-refractivity contribution < 1.29 is 14.3 Å².